The van der Waals surface area contributed by atoms with E-state index in [0.29, 0.717) is 0 Å². The minimum Gasteiger partial charge on any atom is -0.359 e. The van der Waals surface area contributed by atoms with Gasteiger partial charge in [-0.25, -0.2) is 0 Å². The van der Waals surface area contributed by atoms with Gasteiger partial charge in [0.05, 0.1) is 0 Å². The van der Waals surface area contributed by atoms with Crippen molar-refractivity contribution < 1.29 is 0 Å². The standard InChI is InChI=1S/C10H11N.C2H6/c1-8-6-7-9-4-2-3-5-10(9)11-8;1-2/h2-6,11H,7H2,1H3;1-2H3. The van der Waals surface area contributed by atoms with Crippen LogP contribution in [0.3, 0.4) is 0 Å². The average Bonchev–Trinajstić information content (AvgIpc) is 2.21. The summed E-state index contributed by atoms with van der Waals surface area (Å²) in [6, 6.07) is 8.41. The van der Waals surface area contributed by atoms with Crippen LogP contribution in [0.5, 0.6) is 0 Å². The summed E-state index contributed by atoms with van der Waals surface area (Å²) in [6.07, 6.45) is 3.28. The Morgan fingerprint density at radius 3 is 2.62 bits per heavy atom. The lowest BCUT2D eigenvalue weighted by Crippen LogP contribution is -2.04. The molecular weight excluding hydrogens is 158 g/mol. The summed E-state index contributed by atoms with van der Waals surface area (Å²) in [5.41, 5.74) is 3.90. The molecule has 1 N–H and O–H groups in total. The number of hydrogen-bond acceptors (Lipinski definition) is 1. The lowest BCUT2D eigenvalue weighted by atomic mass is 10.1. The van der Waals surface area contributed by atoms with Gasteiger partial charge in [-0.1, -0.05) is 38.1 Å². The van der Waals surface area contributed by atoms with E-state index in [0.717, 1.165) is 6.42 Å². The summed E-state index contributed by atoms with van der Waals surface area (Å²) in [5, 5.41) is 3.32. The fourth-order valence-corrected chi connectivity index (χ4v) is 1.35. The zero-order valence-corrected chi connectivity index (χ0v) is 8.59. The van der Waals surface area contributed by atoms with Gasteiger partial charge in [0.1, 0.15) is 0 Å². The zero-order valence-electron chi connectivity index (χ0n) is 8.59. The average molecular weight is 175 g/mol. The Hall–Kier alpha value is -1.24. The van der Waals surface area contributed by atoms with Gasteiger partial charge >= 0.3 is 0 Å². The molecule has 1 aliphatic rings. The van der Waals surface area contributed by atoms with E-state index in [2.05, 4.69) is 42.6 Å². The third-order valence-corrected chi connectivity index (χ3v) is 1.98. The highest BCUT2D eigenvalue weighted by Gasteiger charge is 2.04. The summed E-state index contributed by atoms with van der Waals surface area (Å²) in [5.74, 6) is 0. The largest absolute Gasteiger partial charge is 0.359 e. The molecule has 0 atom stereocenters. The highest BCUT2D eigenvalue weighted by Crippen LogP contribution is 2.21. The van der Waals surface area contributed by atoms with Crippen LogP contribution < -0.4 is 5.32 Å². The second-order valence-corrected chi connectivity index (χ2v) is 2.87. The molecular formula is C12H17N. The van der Waals surface area contributed by atoms with Gasteiger partial charge in [-0.3, -0.25) is 0 Å². The molecule has 1 aromatic rings. The van der Waals surface area contributed by atoms with Crippen LogP contribution >= 0.6 is 0 Å². The second kappa shape index (κ2) is 4.70. The van der Waals surface area contributed by atoms with Gasteiger partial charge in [-0.05, 0) is 25.0 Å². The Bertz CT molecular complexity index is 300. The molecule has 1 nitrogen and oxygen atoms in total. The van der Waals surface area contributed by atoms with E-state index >= 15 is 0 Å². The number of rotatable bonds is 0. The highest BCUT2D eigenvalue weighted by molar-refractivity contribution is 5.57. The fourth-order valence-electron chi connectivity index (χ4n) is 1.35. The van der Waals surface area contributed by atoms with Crippen molar-refractivity contribution in [3.8, 4) is 0 Å². The van der Waals surface area contributed by atoms with Gasteiger partial charge < -0.3 is 5.32 Å². The van der Waals surface area contributed by atoms with Crippen LogP contribution in [0.4, 0.5) is 5.69 Å². The molecule has 70 valence electrons. The first-order chi connectivity index (χ1) is 6.36. The minimum atomic E-state index is 1.06. The van der Waals surface area contributed by atoms with Crippen LogP contribution in [-0.2, 0) is 6.42 Å². The maximum atomic E-state index is 3.32. The van der Waals surface area contributed by atoms with Crippen molar-refractivity contribution in [2.24, 2.45) is 0 Å². The molecule has 0 aromatic heterocycles. The normalized spacial score (nSPS) is 13.0. The molecule has 1 aromatic carbocycles. The smallest absolute Gasteiger partial charge is 0.0417 e. The number of benzene rings is 1. The molecule has 0 fully saturated rings. The van der Waals surface area contributed by atoms with Crippen molar-refractivity contribution in [3.05, 3.63) is 41.6 Å². The summed E-state index contributed by atoms with van der Waals surface area (Å²) in [7, 11) is 0. The lowest BCUT2D eigenvalue weighted by Gasteiger charge is -2.15. The molecule has 0 aliphatic carbocycles. The monoisotopic (exact) mass is 175 g/mol. The maximum Gasteiger partial charge on any atom is 0.0417 e. The number of anilines is 1. The van der Waals surface area contributed by atoms with E-state index in [4.69, 9.17) is 0 Å². The predicted molar refractivity (Wildman–Crippen MR) is 58.9 cm³/mol. The summed E-state index contributed by atoms with van der Waals surface area (Å²) >= 11 is 0. The predicted octanol–water partition coefficient (Wildman–Crippen LogP) is 3.58. The molecule has 1 heteroatoms. The Morgan fingerprint density at radius 1 is 1.15 bits per heavy atom. The van der Waals surface area contributed by atoms with E-state index in [1.165, 1.54) is 16.9 Å². The number of allylic oxidation sites excluding steroid dienone is 2. The van der Waals surface area contributed by atoms with Crippen molar-refractivity contribution >= 4 is 5.69 Å². The van der Waals surface area contributed by atoms with Crippen molar-refractivity contribution in [1.29, 1.82) is 0 Å². The first-order valence-electron chi connectivity index (χ1n) is 4.88. The van der Waals surface area contributed by atoms with Gasteiger partial charge in [0.25, 0.3) is 0 Å². The van der Waals surface area contributed by atoms with E-state index in [1.54, 1.807) is 0 Å². The molecule has 0 saturated heterocycles. The van der Waals surface area contributed by atoms with Crippen molar-refractivity contribution in [1.82, 2.24) is 0 Å². The summed E-state index contributed by atoms with van der Waals surface area (Å²) < 4.78 is 0. The molecule has 0 spiro atoms. The lowest BCUT2D eigenvalue weighted by molar-refractivity contribution is 1.16. The topological polar surface area (TPSA) is 12.0 Å². The third kappa shape index (κ3) is 2.35. The second-order valence-electron chi connectivity index (χ2n) is 2.87. The Kier molecular flexibility index (Phi) is 3.56. The highest BCUT2D eigenvalue weighted by atomic mass is 14.9. The third-order valence-electron chi connectivity index (χ3n) is 1.98. The number of fused-ring (bicyclic) bond motifs is 1. The quantitative estimate of drug-likeness (QED) is 0.635. The molecule has 0 unspecified atom stereocenters. The fraction of sp³-hybridized carbons (Fsp3) is 0.333. The number of nitrogens with one attached hydrogen (secondary N) is 1. The van der Waals surface area contributed by atoms with E-state index in [1.807, 2.05) is 13.8 Å². The molecule has 1 heterocycles. The summed E-state index contributed by atoms with van der Waals surface area (Å²) in [6.45, 7) is 6.09. The van der Waals surface area contributed by atoms with Gasteiger partial charge in [0.15, 0.2) is 0 Å². The summed E-state index contributed by atoms with van der Waals surface area (Å²) in [4.78, 5) is 0. The van der Waals surface area contributed by atoms with Crippen LogP contribution in [-0.4, -0.2) is 0 Å². The van der Waals surface area contributed by atoms with Crippen molar-refractivity contribution in [2.45, 2.75) is 27.2 Å². The van der Waals surface area contributed by atoms with Crippen molar-refractivity contribution in [2.75, 3.05) is 5.32 Å². The van der Waals surface area contributed by atoms with Gasteiger partial charge in [0, 0.05) is 11.4 Å². The van der Waals surface area contributed by atoms with Crippen LogP contribution in [0.15, 0.2) is 36.0 Å². The SMILES string of the molecule is CC.CC1=CCc2ccccc2N1. The minimum absolute atomic E-state index is 1.06. The first-order valence-corrected chi connectivity index (χ1v) is 4.88. The molecule has 13 heavy (non-hydrogen) atoms. The number of para-hydroxylation sites is 1. The molecule has 0 radical (unpaired) electrons. The Morgan fingerprint density at radius 2 is 1.85 bits per heavy atom. The van der Waals surface area contributed by atoms with Crippen LogP contribution in [0.2, 0.25) is 0 Å². The van der Waals surface area contributed by atoms with Gasteiger partial charge in [0.2, 0.25) is 0 Å². The Labute approximate surface area is 80.5 Å². The molecule has 2 rings (SSSR count). The molecule has 1 aliphatic heterocycles. The molecule has 0 saturated carbocycles. The van der Waals surface area contributed by atoms with E-state index in [-0.39, 0.29) is 0 Å². The van der Waals surface area contributed by atoms with Crippen LogP contribution in [0.25, 0.3) is 0 Å². The van der Waals surface area contributed by atoms with E-state index < -0.39 is 0 Å². The van der Waals surface area contributed by atoms with Gasteiger partial charge in [-0.15, -0.1) is 0 Å². The first kappa shape index (κ1) is 9.85. The molecule has 0 amide bonds. The zero-order chi connectivity index (χ0) is 9.68. The van der Waals surface area contributed by atoms with Crippen LogP contribution in [0, 0.1) is 0 Å². The van der Waals surface area contributed by atoms with E-state index in [9.17, 15) is 0 Å². The van der Waals surface area contributed by atoms with Crippen molar-refractivity contribution in [3.63, 3.8) is 0 Å². The maximum absolute atomic E-state index is 3.32. The van der Waals surface area contributed by atoms with Gasteiger partial charge in [-0.2, -0.15) is 0 Å². The molecule has 0 bridgehead atoms. The number of hydrogen-bond donors (Lipinski definition) is 1. The van der Waals surface area contributed by atoms with Crippen LogP contribution in [0.1, 0.15) is 26.3 Å². The Balaban J connectivity index is 0.000000396.